The van der Waals surface area contributed by atoms with Gasteiger partial charge in [0.1, 0.15) is 5.75 Å². The molecule has 0 amide bonds. The van der Waals surface area contributed by atoms with E-state index in [0.717, 1.165) is 6.42 Å². The van der Waals surface area contributed by atoms with E-state index < -0.39 is 6.61 Å². The summed E-state index contributed by atoms with van der Waals surface area (Å²) in [5, 5.41) is 5.41. The third-order valence-corrected chi connectivity index (χ3v) is 4.09. The van der Waals surface area contributed by atoms with Crippen molar-refractivity contribution in [2.24, 2.45) is 10.7 Å². The van der Waals surface area contributed by atoms with Crippen molar-refractivity contribution < 1.29 is 13.5 Å². The molecule has 0 unspecified atom stereocenters. The number of rotatable bonds is 7. The van der Waals surface area contributed by atoms with Crippen LogP contribution in [0.2, 0.25) is 5.02 Å². The highest BCUT2D eigenvalue weighted by Crippen LogP contribution is 2.25. The van der Waals surface area contributed by atoms with Crippen LogP contribution < -0.4 is 15.8 Å². The fourth-order valence-electron chi connectivity index (χ4n) is 1.88. The molecule has 2 rings (SSSR count). The van der Waals surface area contributed by atoms with Crippen LogP contribution in [-0.2, 0) is 13.0 Å². The smallest absolute Gasteiger partial charge is 0.387 e. The SMILES string of the molecule is NC(=NCc1cc(Cl)ccc1OC(F)F)NCCc1cccs1. The second-order valence-electron chi connectivity index (χ2n) is 4.59. The molecule has 0 atom stereocenters. The van der Waals surface area contributed by atoms with Gasteiger partial charge in [-0.1, -0.05) is 17.7 Å². The highest BCUT2D eigenvalue weighted by Gasteiger charge is 2.10. The van der Waals surface area contributed by atoms with Crippen LogP contribution in [0, 0.1) is 0 Å². The summed E-state index contributed by atoms with van der Waals surface area (Å²) in [5.41, 5.74) is 6.22. The molecule has 8 heteroatoms. The summed E-state index contributed by atoms with van der Waals surface area (Å²) >= 11 is 7.54. The van der Waals surface area contributed by atoms with Gasteiger partial charge in [-0.05, 0) is 36.1 Å². The van der Waals surface area contributed by atoms with Crippen LogP contribution in [0.25, 0.3) is 0 Å². The van der Waals surface area contributed by atoms with Crippen molar-refractivity contribution in [3.05, 3.63) is 51.2 Å². The Bertz CT molecular complexity index is 650. The molecule has 0 spiro atoms. The van der Waals surface area contributed by atoms with Gasteiger partial charge in [-0.15, -0.1) is 11.3 Å². The van der Waals surface area contributed by atoms with Crippen LogP contribution in [0.4, 0.5) is 8.78 Å². The van der Waals surface area contributed by atoms with Gasteiger partial charge in [-0.25, -0.2) is 4.99 Å². The van der Waals surface area contributed by atoms with E-state index in [0.29, 0.717) is 17.1 Å². The molecule has 1 heterocycles. The lowest BCUT2D eigenvalue weighted by Crippen LogP contribution is -2.33. The molecule has 23 heavy (non-hydrogen) atoms. The summed E-state index contributed by atoms with van der Waals surface area (Å²) in [5.74, 6) is 0.282. The Kier molecular flexibility index (Phi) is 6.61. The second-order valence-corrected chi connectivity index (χ2v) is 6.06. The van der Waals surface area contributed by atoms with Crippen LogP contribution in [0.1, 0.15) is 10.4 Å². The van der Waals surface area contributed by atoms with Crippen molar-refractivity contribution in [1.82, 2.24) is 5.32 Å². The Labute approximate surface area is 141 Å². The van der Waals surface area contributed by atoms with Crippen molar-refractivity contribution in [2.45, 2.75) is 19.6 Å². The maximum absolute atomic E-state index is 12.4. The maximum Gasteiger partial charge on any atom is 0.387 e. The third-order valence-electron chi connectivity index (χ3n) is 2.92. The van der Waals surface area contributed by atoms with Crippen LogP contribution in [0.5, 0.6) is 5.75 Å². The summed E-state index contributed by atoms with van der Waals surface area (Å²) in [6.07, 6.45) is 0.838. The molecule has 0 fully saturated rings. The van der Waals surface area contributed by atoms with Crippen molar-refractivity contribution in [2.75, 3.05) is 6.54 Å². The Morgan fingerprint density at radius 3 is 2.91 bits per heavy atom. The van der Waals surface area contributed by atoms with E-state index >= 15 is 0 Å². The highest BCUT2D eigenvalue weighted by atomic mass is 35.5. The molecule has 0 bridgehead atoms. The number of alkyl halides is 2. The van der Waals surface area contributed by atoms with E-state index in [4.69, 9.17) is 17.3 Å². The average molecular weight is 360 g/mol. The van der Waals surface area contributed by atoms with Gasteiger partial charge >= 0.3 is 6.61 Å². The molecule has 0 saturated heterocycles. The van der Waals surface area contributed by atoms with Crippen LogP contribution in [-0.4, -0.2) is 19.1 Å². The quantitative estimate of drug-likeness (QED) is 0.586. The zero-order chi connectivity index (χ0) is 16.7. The lowest BCUT2D eigenvalue weighted by Gasteiger charge is -2.10. The number of ether oxygens (including phenoxy) is 1. The molecule has 0 aliphatic carbocycles. The summed E-state index contributed by atoms with van der Waals surface area (Å²) in [7, 11) is 0. The summed E-state index contributed by atoms with van der Waals surface area (Å²) in [4.78, 5) is 5.37. The fourth-order valence-corrected chi connectivity index (χ4v) is 2.78. The zero-order valence-corrected chi connectivity index (χ0v) is 13.7. The van der Waals surface area contributed by atoms with Gasteiger partial charge in [-0.2, -0.15) is 8.78 Å². The first-order chi connectivity index (χ1) is 11.0. The molecule has 0 aliphatic rings. The van der Waals surface area contributed by atoms with E-state index in [1.807, 2.05) is 17.5 Å². The van der Waals surface area contributed by atoms with Crippen molar-refractivity contribution >= 4 is 28.9 Å². The molecule has 4 nitrogen and oxygen atoms in total. The molecule has 0 saturated carbocycles. The number of guanidine groups is 1. The summed E-state index contributed by atoms with van der Waals surface area (Å²) < 4.78 is 29.2. The molecule has 0 aliphatic heterocycles. The summed E-state index contributed by atoms with van der Waals surface area (Å²) in [6.45, 7) is -2.16. The predicted octanol–water partition coefficient (Wildman–Crippen LogP) is 3.65. The summed E-state index contributed by atoms with van der Waals surface area (Å²) in [6, 6.07) is 8.43. The maximum atomic E-state index is 12.4. The molecule has 124 valence electrons. The van der Waals surface area contributed by atoms with Gasteiger partial charge < -0.3 is 15.8 Å². The van der Waals surface area contributed by atoms with E-state index in [2.05, 4.69) is 15.0 Å². The lowest BCUT2D eigenvalue weighted by atomic mass is 10.2. The van der Waals surface area contributed by atoms with Gasteiger partial charge in [0.15, 0.2) is 5.96 Å². The molecule has 3 N–H and O–H groups in total. The number of halogens is 3. The van der Waals surface area contributed by atoms with Crippen molar-refractivity contribution in [3.63, 3.8) is 0 Å². The Hall–Kier alpha value is -1.86. The molecular formula is C15H16ClF2N3OS. The number of aliphatic imine (C=N–C) groups is 1. The lowest BCUT2D eigenvalue weighted by molar-refractivity contribution is -0.0504. The minimum Gasteiger partial charge on any atom is -0.434 e. The van der Waals surface area contributed by atoms with Crippen molar-refractivity contribution in [3.8, 4) is 5.75 Å². The minimum atomic E-state index is -2.90. The number of thiophene rings is 1. The van der Waals surface area contributed by atoms with E-state index in [1.165, 1.54) is 23.1 Å². The number of nitrogens with zero attached hydrogens (tertiary/aromatic N) is 1. The van der Waals surface area contributed by atoms with Gasteiger partial charge in [0.05, 0.1) is 6.54 Å². The van der Waals surface area contributed by atoms with Gasteiger partial charge in [0.25, 0.3) is 0 Å². The first kappa shape index (κ1) is 17.5. The molecule has 1 aromatic heterocycles. The monoisotopic (exact) mass is 359 g/mol. The Morgan fingerprint density at radius 1 is 1.39 bits per heavy atom. The van der Waals surface area contributed by atoms with E-state index in [1.54, 1.807) is 11.3 Å². The first-order valence-corrected chi connectivity index (χ1v) is 8.10. The molecule has 2 aromatic rings. The van der Waals surface area contributed by atoms with Crippen LogP contribution in [0.15, 0.2) is 40.7 Å². The van der Waals surface area contributed by atoms with Gasteiger partial charge in [-0.3, -0.25) is 0 Å². The number of benzene rings is 1. The van der Waals surface area contributed by atoms with E-state index in [-0.39, 0.29) is 18.3 Å². The van der Waals surface area contributed by atoms with Crippen LogP contribution in [0.3, 0.4) is 0 Å². The number of nitrogens with two attached hydrogens (primary N) is 1. The minimum absolute atomic E-state index is 0.0412. The fraction of sp³-hybridized carbons (Fsp3) is 0.267. The Morgan fingerprint density at radius 2 is 2.22 bits per heavy atom. The van der Waals surface area contributed by atoms with Crippen LogP contribution >= 0.6 is 22.9 Å². The topological polar surface area (TPSA) is 59.6 Å². The first-order valence-electron chi connectivity index (χ1n) is 6.84. The average Bonchev–Trinajstić information content (AvgIpc) is 3.00. The highest BCUT2D eigenvalue weighted by molar-refractivity contribution is 7.09. The number of hydrogen-bond donors (Lipinski definition) is 2. The third kappa shape index (κ3) is 6.03. The predicted molar refractivity (Wildman–Crippen MR) is 89.4 cm³/mol. The molecule has 0 radical (unpaired) electrons. The van der Waals surface area contributed by atoms with Gasteiger partial charge in [0, 0.05) is 22.0 Å². The second kappa shape index (κ2) is 8.69. The Balaban J connectivity index is 1.91. The number of nitrogens with one attached hydrogen (secondary N) is 1. The zero-order valence-electron chi connectivity index (χ0n) is 12.1. The normalized spacial score (nSPS) is 11.7. The number of hydrogen-bond acceptors (Lipinski definition) is 3. The standard InChI is InChI=1S/C15H16ClF2N3OS/c16-11-3-4-13(22-14(17)18)10(8-11)9-21-15(19)20-6-5-12-2-1-7-23-12/h1-4,7-8,14H,5-6,9H2,(H3,19,20,21). The van der Waals surface area contributed by atoms with Crippen molar-refractivity contribution in [1.29, 1.82) is 0 Å². The van der Waals surface area contributed by atoms with E-state index in [9.17, 15) is 8.78 Å². The largest absolute Gasteiger partial charge is 0.434 e. The molecule has 1 aromatic carbocycles. The van der Waals surface area contributed by atoms with Gasteiger partial charge in [0.2, 0.25) is 0 Å². The molecular weight excluding hydrogens is 344 g/mol.